The van der Waals surface area contributed by atoms with Gasteiger partial charge in [0.15, 0.2) is 0 Å². The van der Waals surface area contributed by atoms with Crippen molar-refractivity contribution < 1.29 is 14.6 Å². The lowest BCUT2D eigenvalue weighted by Crippen LogP contribution is -2.11. The van der Waals surface area contributed by atoms with Crippen molar-refractivity contribution in [1.29, 1.82) is 0 Å². The third-order valence-electron chi connectivity index (χ3n) is 8.85. The number of carbonyl (C=O) groups is 1. The molecule has 0 spiro atoms. The van der Waals surface area contributed by atoms with E-state index in [1.807, 2.05) is 59.3 Å². The highest BCUT2D eigenvalue weighted by atomic mass is 32.2. The molecule has 6 aromatic rings. The van der Waals surface area contributed by atoms with E-state index in [0.29, 0.717) is 30.9 Å². The van der Waals surface area contributed by atoms with Gasteiger partial charge in [0.05, 0.1) is 33.8 Å². The minimum Gasteiger partial charge on any atom is -0.493 e. The number of carboxylic acids is 1. The maximum Gasteiger partial charge on any atom is 0.352 e. The van der Waals surface area contributed by atoms with Crippen molar-refractivity contribution in [3.8, 4) is 16.9 Å². The molecule has 3 aromatic carbocycles. The summed E-state index contributed by atoms with van der Waals surface area (Å²) in [6.45, 7) is 2.54. The maximum atomic E-state index is 12.7. The van der Waals surface area contributed by atoms with Gasteiger partial charge >= 0.3 is 5.97 Å². The average molecular weight is 665 g/mol. The summed E-state index contributed by atoms with van der Waals surface area (Å²) < 4.78 is 12.2. The van der Waals surface area contributed by atoms with E-state index in [1.54, 1.807) is 23.5 Å². The molecule has 0 unspecified atom stereocenters. The molecule has 0 saturated heterocycles. The summed E-state index contributed by atoms with van der Waals surface area (Å²) in [6, 6.07) is 18.9. The third-order valence-corrected chi connectivity index (χ3v) is 11.3. The van der Waals surface area contributed by atoms with E-state index in [9.17, 15) is 9.90 Å². The molecule has 233 valence electrons. The van der Waals surface area contributed by atoms with Crippen LogP contribution in [0.4, 0.5) is 0 Å². The Morgan fingerprint density at radius 1 is 0.957 bits per heavy atom. The summed E-state index contributed by atoms with van der Waals surface area (Å²) >= 11 is 3.56. The Balaban J connectivity index is 1.36. The molecule has 0 saturated carbocycles. The Hall–Kier alpha value is -3.93. The van der Waals surface area contributed by atoms with Gasteiger partial charge in [-0.2, -0.15) is 10.2 Å². The van der Waals surface area contributed by atoms with Crippen LogP contribution >= 0.6 is 23.5 Å². The van der Waals surface area contributed by atoms with E-state index in [-0.39, 0.29) is 0 Å². The Bertz CT molecular complexity index is 2150. The highest BCUT2D eigenvalue weighted by molar-refractivity contribution is 7.98. The van der Waals surface area contributed by atoms with E-state index in [0.717, 1.165) is 82.8 Å². The monoisotopic (exact) mass is 664 g/mol. The van der Waals surface area contributed by atoms with Gasteiger partial charge in [0.2, 0.25) is 0 Å². The van der Waals surface area contributed by atoms with Crippen LogP contribution in [-0.4, -0.2) is 52.1 Å². The van der Waals surface area contributed by atoms with E-state index < -0.39 is 5.97 Å². The summed E-state index contributed by atoms with van der Waals surface area (Å²) in [6.07, 6.45) is 1.24. The molecule has 8 bridgehead atoms. The molecule has 0 amide bonds. The molecule has 3 aromatic heterocycles. The number of benzene rings is 3. The number of aromatic nitrogens is 5. The van der Waals surface area contributed by atoms with Gasteiger partial charge in [-0.1, -0.05) is 41.6 Å². The van der Waals surface area contributed by atoms with Crippen LogP contribution < -0.4 is 9.92 Å². The standard InChI is InChI=1S/C35H34N5O3S2Si/c1-20-31-28(37-39(20)3)19-44-17-22-15-23(40(4)36-22)18-45-24-14-21-8-5-6-9-25(21)29(16-24)43-13-7-10-26-27-11-12-30(46)32(31)33(27)38(2)34(26)35(41)42/h5-6,8-9,11-12,14-16H,7,10,13,17-19H2,1-4H3,(H,41,42). The number of aryl methyl sites for hydroxylation is 4. The van der Waals surface area contributed by atoms with Crippen LogP contribution in [0.1, 0.15) is 45.2 Å². The molecule has 1 aliphatic heterocycles. The number of aromatic carboxylic acids is 1. The van der Waals surface area contributed by atoms with Crippen LogP contribution in [0.2, 0.25) is 0 Å². The lowest BCUT2D eigenvalue weighted by molar-refractivity contribution is 0.0685. The molecule has 8 nitrogen and oxygen atoms in total. The highest BCUT2D eigenvalue weighted by Crippen LogP contribution is 2.38. The van der Waals surface area contributed by atoms with Gasteiger partial charge in [0.25, 0.3) is 0 Å². The van der Waals surface area contributed by atoms with Crippen LogP contribution in [-0.2, 0) is 44.8 Å². The molecular formula is C35H34N5O3S2Si. The normalized spacial score (nSPS) is 14.3. The van der Waals surface area contributed by atoms with E-state index in [2.05, 4.69) is 47.5 Å². The second-order valence-corrected chi connectivity index (χ2v) is 14.3. The van der Waals surface area contributed by atoms with Crippen molar-refractivity contribution in [3.63, 3.8) is 0 Å². The third kappa shape index (κ3) is 5.44. The van der Waals surface area contributed by atoms with Crippen LogP contribution in [0.25, 0.3) is 32.8 Å². The summed E-state index contributed by atoms with van der Waals surface area (Å²) in [5.41, 5.74) is 8.22. The second-order valence-electron chi connectivity index (χ2n) is 11.7. The molecule has 46 heavy (non-hydrogen) atoms. The molecule has 1 N–H and O–H groups in total. The molecule has 0 fully saturated rings. The SMILES string of the molecule is Cc1c2c(nn1C)CSCc1cc(n(C)n1)CSc1cc(c3ccccc3c1)OCCCc1c(C(=O)O)n(C)c3c-2c([Si])ccc13. The van der Waals surface area contributed by atoms with E-state index in [1.165, 1.54) is 5.69 Å². The molecule has 1 aliphatic rings. The van der Waals surface area contributed by atoms with Crippen molar-refractivity contribution in [1.82, 2.24) is 24.1 Å². The van der Waals surface area contributed by atoms with Crippen LogP contribution in [0.3, 0.4) is 0 Å². The molecule has 11 heteroatoms. The van der Waals surface area contributed by atoms with Crippen LogP contribution in [0.5, 0.6) is 5.75 Å². The minimum absolute atomic E-state index is 0.308. The summed E-state index contributed by atoms with van der Waals surface area (Å²) in [7, 11) is 9.73. The van der Waals surface area contributed by atoms with Gasteiger partial charge < -0.3 is 14.4 Å². The quantitative estimate of drug-likeness (QED) is 0.206. The zero-order chi connectivity index (χ0) is 32.1. The topological polar surface area (TPSA) is 87.1 Å². The van der Waals surface area contributed by atoms with Crippen molar-refractivity contribution >= 4 is 66.6 Å². The molecule has 7 rings (SSSR count). The fraction of sp³-hybridized carbons (Fsp3) is 0.286. The summed E-state index contributed by atoms with van der Waals surface area (Å²) in [5, 5.41) is 24.2. The zero-order valence-electron chi connectivity index (χ0n) is 26.3. The van der Waals surface area contributed by atoms with Crippen LogP contribution in [0, 0.1) is 6.92 Å². The first-order chi connectivity index (χ1) is 22.2. The smallest absolute Gasteiger partial charge is 0.352 e. The van der Waals surface area contributed by atoms with Gasteiger partial charge in [0, 0.05) is 76.6 Å². The second kappa shape index (κ2) is 12.3. The van der Waals surface area contributed by atoms with Gasteiger partial charge in [-0.15, -0.1) is 23.5 Å². The largest absolute Gasteiger partial charge is 0.493 e. The number of rotatable bonds is 1. The Morgan fingerprint density at radius 3 is 2.61 bits per heavy atom. The lowest BCUT2D eigenvalue weighted by Gasteiger charge is -2.13. The lowest BCUT2D eigenvalue weighted by atomic mass is 9.98. The predicted octanol–water partition coefficient (Wildman–Crippen LogP) is 6.32. The van der Waals surface area contributed by atoms with Crippen molar-refractivity contribution in [2.24, 2.45) is 21.1 Å². The number of carboxylic acid groups (broad SMARTS) is 1. The molecule has 0 atom stereocenters. The summed E-state index contributed by atoms with van der Waals surface area (Å²) in [5.74, 6) is 2.15. The van der Waals surface area contributed by atoms with Crippen molar-refractivity contribution in [2.45, 2.75) is 41.9 Å². The Kier molecular flexibility index (Phi) is 8.24. The Labute approximate surface area is 279 Å². The van der Waals surface area contributed by atoms with Crippen LogP contribution in [0.15, 0.2) is 59.5 Å². The number of hydrogen-bond donors (Lipinski definition) is 1. The molecule has 4 heterocycles. The van der Waals surface area contributed by atoms with Gasteiger partial charge in [-0.25, -0.2) is 4.79 Å². The molecular weight excluding hydrogens is 631 g/mol. The predicted molar refractivity (Wildman–Crippen MR) is 188 cm³/mol. The number of nitrogens with zero attached hydrogens (tertiary/aromatic N) is 5. The van der Waals surface area contributed by atoms with E-state index in [4.69, 9.17) is 14.9 Å². The van der Waals surface area contributed by atoms with Crippen molar-refractivity contribution in [2.75, 3.05) is 6.61 Å². The van der Waals surface area contributed by atoms with Gasteiger partial charge in [-0.05, 0) is 48.9 Å². The van der Waals surface area contributed by atoms with E-state index >= 15 is 0 Å². The fourth-order valence-electron chi connectivity index (χ4n) is 6.58. The fourth-order valence-corrected chi connectivity index (χ4v) is 8.74. The first kappa shape index (κ1) is 30.7. The van der Waals surface area contributed by atoms with Gasteiger partial charge in [0.1, 0.15) is 11.4 Å². The molecule has 0 aliphatic carbocycles. The minimum atomic E-state index is -0.935. The van der Waals surface area contributed by atoms with Gasteiger partial charge in [-0.3, -0.25) is 9.36 Å². The first-order valence-corrected chi connectivity index (χ1v) is 17.8. The average Bonchev–Trinajstić information content (AvgIpc) is 3.63. The number of hydrogen-bond acceptors (Lipinski definition) is 6. The zero-order valence-corrected chi connectivity index (χ0v) is 28.9. The highest BCUT2D eigenvalue weighted by Gasteiger charge is 2.26. The van der Waals surface area contributed by atoms with Crippen molar-refractivity contribution in [3.05, 3.63) is 88.6 Å². The molecule has 3 radical (unpaired) electrons. The number of thioether (sulfide) groups is 2. The first-order valence-electron chi connectivity index (χ1n) is 15.2. The number of ether oxygens (including phenoxy) is 1. The Morgan fingerprint density at radius 2 is 1.78 bits per heavy atom. The summed E-state index contributed by atoms with van der Waals surface area (Å²) in [4.78, 5) is 13.9. The number of fused-ring (bicyclic) bond motifs is 8. The maximum absolute atomic E-state index is 12.7.